The lowest BCUT2D eigenvalue weighted by atomic mass is 9.90. The fourth-order valence-electron chi connectivity index (χ4n) is 6.68. The molecular formula is C96H179N13O2S3. The minimum absolute atomic E-state index is 0.0451. The molecule has 0 aliphatic heterocycles. The molecule has 10 aromatic heterocycles. The predicted molar refractivity (Wildman–Crippen MR) is 512 cm³/mol. The first-order chi connectivity index (χ1) is 52.9. The van der Waals surface area contributed by atoms with Crippen LogP contribution in [-0.2, 0) is 54.4 Å². The highest BCUT2D eigenvalue weighted by Gasteiger charge is 2.21. The number of aryl methyl sites for hydroxylation is 1. The second-order valence-corrected chi connectivity index (χ2v) is 35.4. The maximum absolute atomic E-state index is 5.09. The third-order valence-electron chi connectivity index (χ3n) is 12.5. The van der Waals surface area contributed by atoms with Gasteiger partial charge in [0.25, 0.3) is 0 Å². The van der Waals surface area contributed by atoms with E-state index in [2.05, 4.69) is 297 Å². The molecule has 0 unspecified atom stereocenters. The first-order valence-corrected chi connectivity index (χ1v) is 44.7. The molecule has 0 bridgehead atoms. The fraction of sp³-hybridized carbons (Fsp3) is 0.635. The lowest BCUT2D eigenvalue weighted by molar-refractivity contribution is 0.355. The summed E-state index contributed by atoms with van der Waals surface area (Å²) in [6, 6.07) is 13.9. The Balaban J connectivity index is -0.000000128. The average Bonchev–Trinajstić information content (AvgIpc) is 1.58. The van der Waals surface area contributed by atoms with Crippen LogP contribution in [0.2, 0.25) is 0 Å². The van der Waals surface area contributed by atoms with E-state index in [1.807, 2.05) is 216 Å². The molecule has 0 aliphatic carbocycles. The number of thiazole rings is 2. The molecule has 658 valence electrons. The number of hydrogen-bond donors (Lipinski definition) is 0. The van der Waals surface area contributed by atoms with Gasteiger partial charge in [0.1, 0.15) is 18.4 Å². The molecule has 0 saturated carbocycles. The summed E-state index contributed by atoms with van der Waals surface area (Å²) in [6.45, 7) is 106. The molecule has 0 atom stereocenters. The highest BCUT2D eigenvalue weighted by atomic mass is 32.1. The van der Waals surface area contributed by atoms with Crippen LogP contribution in [0.4, 0.5) is 0 Å². The van der Waals surface area contributed by atoms with Gasteiger partial charge in [-0.05, 0) is 101 Å². The number of nitrogens with zero attached hydrogens (tertiary/aromatic N) is 13. The summed E-state index contributed by atoms with van der Waals surface area (Å²) in [5.74, 6) is 1.69. The standard InChI is InChI=1S/C9H13N.2C8H12N2.C8H13NS.C8H12S.2C7H12N2.2C7H11NO.C7H11NS.10C2H6/c1-9(2,3)8-6-4-5-7-10-8;1-8(2,3)7-6-9-4-5-10-7;1-8(2,3)7-9-5-4-6-10-7;1-6-5-9-7(10-6)8(2,3)4;1-8(2,3)7-4-5-9-6-7;1-7(2,3)9-5-4-8-6-9;1-7(2,3)9-6-4-5-8-9;1-7(2,3)6-8-4-5-9-6;1-7(2,3)6-4-5-9-8-6;1-7(2,3)6-8-4-5-9-6;10*1-2/h4-7H,1-3H3;2*4-6H,1-3H3;5H,1-4H3;3*4-6H,1-3H3;3*4-5H,1-3H3;10*1-2H3. The van der Waals surface area contributed by atoms with Gasteiger partial charge < -0.3 is 13.5 Å². The Hall–Kier alpha value is -6.89. The third kappa shape index (κ3) is 69.4. The molecule has 10 aromatic rings. The quantitative estimate of drug-likeness (QED) is 0.140. The van der Waals surface area contributed by atoms with Gasteiger partial charge >= 0.3 is 0 Å². The number of imidazole rings is 1. The van der Waals surface area contributed by atoms with Gasteiger partial charge in [-0.3, -0.25) is 19.6 Å². The number of oxazole rings is 1. The zero-order valence-electron chi connectivity index (χ0n) is 83.4. The smallest absolute Gasteiger partial charge is 0.199 e. The zero-order valence-corrected chi connectivity index (χ0v) is 85.8. The van der Waals surface area contributed by atoms with Gasteiger partial charge in [0.2, 0.25) is 0 Å². The van der Waals surface area contributed by atoms with E-state index in [0.717, 1.165) is 28.8 Å². The van der Waals surface area contributed by atoms with E-state index in [9.17, 15) is 0 Å². The van der Waals surface area contributed by atoms with Gasteiger partial charge in [0, 0.05) is 140 Å². The lowest BCUT2D eigenvalue weighted by Gasteiger charge is -2.19. The highest BCUT2D eigenvalue weighted by molar-refractivity contribution is 7.11. The maximum Gasteiger partial charge on any atom is 0.199 e. The van der Waals surface area contributed by atoms with Crippen LogP contribution in [0.25, 0.3) is 0 Å². The van der Waals surface area contributed by atoms with E-state index in [0.29, 0.717) is 5.41 Å². The number of rotatable bonds is 0. The normalized spacial score (nSPS) is 10.2. The Morgan fingerprint density at radius 1 is 0.342 bits per heavy atom. The van der Waals surface area contributed by atoms with Crippen molar-refractivity contribution < 1.29 is 8.94 Å². The van der Waals surface area contributed by atoms with E-state index in [-0.39, 0.29) is 49.0 Å². The lowest BCUT2D eigenvalue weighted by Crippen LogP contribution is -2.21. The molecule has 10 rings (SSSR count). The maximum atomic E-state index is 5.09. The molecule has 0 aliphatic rings. The van der Waals surface area contributed by atoms with Gasteiger partial charge in [0.15, 0.2) is 5.89 Å². The largest absolute Gasteiger partial charge is 0.448 e. The Labute approximate surface area is 717 Å². The monoisotopic (exact) mass is 1640 g/mol. The van der Waals surface area contributed by atoms with Crippen LogP contribution in [0, 0.1) is 6.92 Å². The molecule has 0 saturated heterocycles. The molecule has 0 fully saturated rings. The van der Waals surface area contributed by atoms with E-state index in [1.165, 1.54) is 20.5 Å². The molecule has 10 heterocycles. The van der Waals surface area contributed by atoms with Crippen LogP contribution in [0.3, 0.4) is 0 Å². The van der Waals surface area contributed by atoms with E-state index in [1.54, 1.807) is 96.1 Å². The number of thiophene rings is 1. The first kappa shape index (κ1) is 128. The van der Waals surface area contributed by atoms with Crippen molar-refractivity contribution in [3.8, 4) is 0 Å². The minimum atomic E-state index is 0.0451. The van der Waals surface area contributed by atoms with Crippen LogP contribution in [0.15, 0.2) is 167 Å². The van der Waals surface area contributed by atoms with Crippen LogP contribution >= 0.6 is 34.0 Å². The van der Waals surface area contributed by atoms with Gasteiger partial charge in [-0.2, -0.15) is 16.4 Å². The summed E-state index contributed by atoms with van der Waals surface area (Å²) in [5.41, 5.74) is 6.25. The Morgan fingerprint density at radius 2 is 0.833 bits per heavy atom. The number of hydrogen-bond acceptors (Lipinski definition) is 16. The van der Waals surface area contributed by atoms with Crippen molar-refractivity contribution in [3.05, 3.63) is 207 Å². The van der Waals surface area contributed by atoms with Gasteiger partial charge in [-0.25, -0.2) is 29.9 Å². The minimum Gasteiger partial charge on any atom is -0.448 e. The van der Waals surface area contributed by atoms with Gasteiger partial charge in [-0.15, -0.1) is 22.7 Å². The Morgan fingerprint density at radius 3 is 1.04 bits per heavy atom. The SMILES string of the molecule is CC.CC.CC.CC.CC.CC.CC.CC.CC.CC.CC(C)(C)c1ccccn1.CC(C)(C)c1ccon1.CC(C)(C)c1ccsc1.CC(C)(C)c1cnccn1.CC(C)(C)c1ncccn1.CC(C)(C)c1ncco1.CC(C)(C)c1nccs1.CC(C)(C)n1cccn1.CC(C)(C)n1ccnc1.Cc1cnc(C(C)(C)C)s1. The second-order valence-electron chi connectivity index (χ2n) is 32.5. The summed E-state index contributed by atoms with van der Waals surface area (Å²) < 4.78 is 13.8. The van der Waals surface area contributed by atoms with Crippen LogP contribution < -0.4 is 0 Å². The van der Waals surface area contributed by atoms with Crippen molar-refractivity contribution in [2.45, 2.75) is 408 Å². The number of pyridine rings is 1. The molecule has 0 radical (unpaired) electrons. The molecular weight excluding hydrogens is 1460 g/mol. The second kappa shape index (κ2) is 71.4. The molecule has 0 spiro atoms. The third-order valence-corrected chi connectivity index (χ3v) is 15.7. The average molecular weight is 1640 g/mol. The van der Waals surface area contributed by atoms with Crippen molar-refractivity contribution in [1.29, 1.82) is 0 Å². The molecule has 0 N–H and O–H groups in total. The molecule has 0 amide bonds. The van der Waals surface area contributed by atoms with Gasteiger partial charge in [0.05, 0.1) is 39.5 Å². The van der Waals surface area contributed by atoms with Crippen molar-refractivity contribution in [3.63, 3.8) is 0 Å². The van der Waals surface area contributed by atoms with Crippen molar-refractivity contribution >= 4 is 34.0 Å². The molecule has 0 aromatic carbocycles. The van der Waals surface area contributed by atoms with Crippen LogP contribution in [0.5, 0.6) is 0 Å². The first-order valence-electron chi connectivity index (χ1n) is 42.1. The molecule has 18 heteroatoms. The Bertz CT molecular complexity index is 2930. The predicted octanol–water partition coefficient (Wildman–Crippen LogP) is 31.6. The van der Waals surface area contributed by atoms with E-state index in [4.69, 9.17) is 8.94 Å². The number of aromatic nitrogens is 13. The summed E-state index contributed by atoms with van der Waals surface area (Å²) in [6.07, 6.45) is 28.6. The van der Waals surface area contributed by atoms with Crippen molar-refractivity contribution in [2.75, 3.05) is 0 Å². The molecule has 15 nitrogen and oxygen atoms in total. The zero-order chi connectivity index (χ0) is 92.0. The fourth-order valence-corrected chi connectivity index (χ4v) is 9.11. The molecule has 114 heavy (non-hydrogen) atoms. The summed E-state index contributed by atoms with van der Waals surface area (Å²) in [5, 5.41) is 16.7. The topological polar surface area (TPSA) is 178 Å². The summed E-state index contributed by atoms with van der Waals surface area (Å²) >= 11 is 5.27. The van der Waals surface area contributed by atoms with Crippen LogP contribution in [-0.4, -0.2) is 64.4 Å². The van der Waals surface area contributed by atoms with Crippen molar-refractivity contribution in [2.24, 2.45) is 0 Å². The van der Waals surface area contributed by atoms with Crippen molar-refractivity contribution in [1.82, 2.24) is 64.4 Å². The van der Waals surface area contributed by atoms with E-state index >= 15 is 0 Å². The Kier molecular flexibility index (Phi) is 80.1. The van der Waals surface area contributed by atoms with Crippen LogP contribution in [0.1, 0.15) is 395 Å². The highest BCUT2D eigenvalue weighted by Crippen LogP contribution is 2.28. The summed E-state index contributed by atoms with van der Waals surface area (Å²) in [4.78, 5) is 38.5. The van der Waals surface area contributed by atoms with Gasteiger partial charge in [-0.1, -0.05) is 316 Å². The summed E-state index contributed by atoms with van der Waals surface area (Å²) in [7, 11) is 0. The van der Waals surface area contributed by atoms with E-state index < -0.39 is 0 Å².